The molecule has 0 amide bonds. The van der Waals surface area contributed by atoms with Crippen LogP contribution in [0.5, 0.6) is 0 Å². The van der Waals surface area contributed by atoms with Gasteiger partial charge in [0.2, 0.25) is 0 Å². The van der Waals surface area contributed by atoms with Gasteiger partial charge in [0.25, 0.3) is 0 Å². The van der Waals surface area contributed by atoms with E-state index in [1.165, 1.54) is 31.4 Å². The van der Waals surface area contributed by atoms with Crippen LogP contribution >= 0.6 is 11.8 Å². The Morgan fingerprint density at radius 2 is 1.96 bits per heavy atom. The minimum Gasteiger partial charge on any atom is -0.352 e. The number of piperazine rings is 1. The van der Waals surface area contributed by atoms with Crippen molar-refractivity contribution >= 4 is 17.6 Å². The summed E-state index contributed by atoms with van der Waals surface area (Å²) in [7, 11) is 0. The molecule has 4 rings (SSSR count). The van der Waals surface area contributed by atoms with Crippen LogP contribution in [-0.4, -0.2) is 47.1 Å². The zero-order valence-electron chi connectivity index (χ0n) is 14.0. The number of piperidine rings is 1. The van der Waals surface area contributed by atoms with Crippen molar-refractivity contribution in [2.24, 2.45) is 0 Å². The molecule has 1 unspecified atom stereocenters. The lowest BCUT2D eigenvalue weighted by molar-refractivity contribution is 0.133. The fourth-order valence-corrected chi connectivity index (χ4v) is 4.46. The molecule has 5 heteroatoms. The SMILES string of the molecule is c1ccc(CSc2cncc(N3CCN4CCCCC4C3)n2)cc1. The summed E-state index contributed by atoms with van der Waals surface area (Å²) in [5.41, 5.74) is 1.32. The van der Waals surface area contributed by atoms with Crippen LogP contribution in [0.3, 0.4) is 0 Å². The Kier molecular flexibility index (Phi) is 4.99. The number of aromatic nitrogens is 2. The third-order valence-corrected chi connectivity index (χ3v) is 5.96. The van der Waals surface area contributed by atoms with Crippen LogP contribution in [0.15, 0.2) is 47.8 Å². The van der Waals surface area contributed by atoms with Gasteiger partial charge in [0.15, 0.2) is 0 Å². The number of benzene rings is 1. The number of hydrogen-bond acceptors (Lipinski definition) is 5. The second-order valence-corrected chi connectivity index (χ2v) is 7.62. The van der Waals surface area contributed by atoms with Crippen molar-refractivity contribution in [3.05, 3.63) is 48.3 Å². The average molecular weight is 340 g/mol. The highest BCUT2D eigenvalue weighted by molar-refractivity contribution is 7.98. The molecule has 2 aliphatic heterocycles. The van der Waals surface area contributed by atoms with E-state index in [-0.39, 0.29) is 0 Å². The standard InChI is InChI=1S/C19H24N4S/c1-2-6-16(7-3-1)15-24-19-13-20-12-18(21-19)23-11-10-22-9-5-4-8-17(22)14-23/h1-3,6-7,12-13,17H,4-5,8-11,14-15H2. The van der Waals surface area contributed by atoms with Crippen molar-refractivity contribution in [3.8, 4) is 0 Å². The molecule has 1 atom stereocenters. The first-order valence-corrected chi connectivity index (χ1v) is 9.85. The Bertz CT molecular complexity index is 663. The van der Waals surface area contributed by atoms with Gasteiger partial charge in [0.05, 0.1) is 12.4 Å². The summed E-state index contributed by atoms with van der Waals surface area (Å²) in [5, 5.41) is 1.02. The summed E-state index contributed by atoms with van der Waals surface area (Å²) in [6.07, 6.45) is 7.86. The lowest BCUT2D eigenvalue weighted by atomic mass is 9.99. The highest BCUT2D eigenvalue weighted by Crippen LogP contribution is 2.26. The monoisotopic (exact) mass is 340 g/mol. The van der Waals surface area contributed by atoms with Crippen LogP contribution in [-0.2, 0) is 5.75 Å². The molecular weight excluding hydrogens is 316 g/mol. The molecule has 126 valence electrons. The third kappa shape index (κ3) is 3.73. The topological polar surface area (TPSA) is 32.3 Å². The molecule has 0 saturated carbocycles. The molecule has 2 aromatic rings. The van der Waals surface area contributed by atoms with Gasteiger partial charge in [-0.25, -0.2) is 4.98 Å². The molecule has 2 aliphatic rings. The number of hydrogen-bond donors (Lipinski definition) is 0. The zero-order valence-corrected chi connectivity index (χ0v) is 14.8. The molecule has 0 radical (unpaired) electrons. The number of nitrogens with zero attached hydrogens (tertiary/aromatic N) is 4. The zero-order chi connectivity index (χ0) is 16.2. The molecule has 1 aromatic heterocycles. The van der Waals surface area contributed by atoms with Crippen molar-refractivity contribution in [1.29, 1.82) is 0 Å². The van der Waals surface area contributed by atoms with Crippen LogP contribution in [0.2, 0.25) is 0 Å². The molecule has 4 nitrogen and oxygen atoms in total. The van der Waals surface area contributed by atoms with Crippen molar-refractivity contribution in [2.75, 3.05) is 31.1 Å². The van der Waals surface area contributed by atoms with Crippen LogP contribution in [0, 0.1) is 0 Å². The van der Waals surface area contributed by atoms with Gasteiger partial charge in [-0.3, -0.25) is 9.88 Å². The van der Waals surface area contributed by atoms with Gasteiger partial charge in [0, 0.05) is 31.4 Å². The molecular formula is C19H24N4S. The van der Waals surface area contributed by atoms with Gasteiger partial charge in [-0.1, -0.05) is 36.8 Å². The second-order valence-electron chi connectivity index (χ2n) is 6.62. The summed E-state index contributed by atoms with van der Waals surface area (Å²) in [6, 6.07) is 11.2. The molecule has 0 spiro atoms. The predicted molar refractivity (Wildman–Crippen MR) is 99.5 cm³/mol. The quantitative estimate of drug-likeness (QED) is 0.796. The summed E-state index contributed by atoms with van der Waals surface area (Å²) in [4.78, 5) is 14.4. The minimum absolute atomic E-state index is 0.704. The van der Waals surface area contributed by atoms with E-state index in [0.29, 0.717) is 6.04 Å². The molecule has 24 heavy (non-hydrogen) atoms. The molecule has 0 aliphatic carbocycles. The van der Waals surface area contributed by atoms with E-state index in [1.807, 2.05) is 12.4 Å². The smallest absolute Gasteiger partial charge is 0.148 e. The van der Waals surface area contributed by atoms with Gasteiger partial charge < -0.3 is 4.90 Å². The van der Waals surface area contributed by atoms with E-state index in [0.717, 1.165) is 36.2 Å². The van der Waals surface area contributed by atoms with E-state index < -0.39 is 0 Å². The largest absolute Gasteiger partial charge is 0.352 e. The van der Waals surface area contributed by atoms with E-state index in [2.05, 4.69) is 45.1 Å². The summed E-state index contributed by atoms with van der Waals surface area (Å²) < 4.78 is 0. The molecule has 3 heterocycles. The normalized spacial score (nSPS) is 21.5. The van der Waals surface area contributed by atoms with Gasteiger partial charge >= 0.3 is 0 Å². The third-order valence-electron chi connectivity index (χ3n) is 4.99. The Hall–Kier alpha value is -1.59. The van der Waals surface area contributed by atoms with Gasteiger partial charge in [-0.05, 0) is 24.9 Å². The van der Waals surface area contributed by atoms with Crippen LogP contribution < -0.4 is 4.90 Å². The summed E-state index contributed by atoms with van der Waals surface area (Å²) >= 11 is 1.76. The molecule has 1 aromatic carbocycles. The summed E-state index contributed by atoms with van der Waals surface area (Å²) in [5.74, 6) is 1.98. The first-order chi connectivity index (χ1) is 11.9. The predicted octanol–water partition coefficient (Wildman–Crippen LogP) is 3.44. The van der Waals surface area contributed by atoms with Crippen molar-refractivity contribution < 1.29 is 0 Å². The van der Waals surface area contributed by atoms with Gasteiger partial charge in [-0.15, -0.1) is 11.8 Å². The number of fused-ring (bicyclic) bond motifs is 1. The summed E-state index contributed by atoms with van der Waals surface area (Å²) in [6.45, 7) is 4.60. The average Bonchev–Trinajstić information content (AvgIpc) is 2.67. The Morgan fingerprint density at radius 1 is 1.04 bits per heavy atom. The van der Waals surface area contributed by atoms with Crippen LogP contribution in [0.4, 0.5) is 5.82 Å². The highest BCUT2D eigenvalue weighted by Gasteiger charge is 2.29. The second kappa shape index (κ2) is 7.53. The lowest BCUT2D eigenvalue weighted by Gasteiger charge is -2.44. The Balaban J connectivity index is 1.41. The molecule has 2 fully saturated rings. The first-order valence-electron chi connectivity index (χ1n) is 8.86. The molecule has 0 N–H and O–H groups in total. The number of rotatable bonds is 4. The maximum absolute atomic E-state index is 4.86. The maximum atomic E-state index is 4.86. The van der Waals surface area contributed by atoms with Crippen LogP contribution in [0.1, 0.15) is 24.8 Å². The number of anilines is 1. The maximum Gasteiger partial charge on any atom is 0.148 e. The van der Waals surface area contributed by atoms with Gasteiger partial charge in [0.1, 0.15) is 10.8 Å². The van der Waals surface area contributed by atoms with E-state index in [9.17, 15) is 0 Å². The lowest BCUT2D eigenvalue weighted by Crippen LogP contribution is -2.55. The first kappa shape index (κ1) is 15.9. The highest BCUT2D eigenvalue weighted by atomic mass is 32.2. The van der Waals surface area contributed by atoms with E-state index in [4.69, 9.17) is 4.98 Å². The van der Waals surface area contributed by atoms with Gasteiger partial charge in [-0.2, -0.15) is 0 Å². The Labute approximate surface area is 148 Å². The fourth-order valence-electron chi connectivity index (χ4n) is 3.66. The fraction of sp³-hybridized carbons (Fsp3) is 0.474. The molecule has 2 saturated heterocycles. The van der Waals surface area contributed by atoms with Crippen molar-refractivity contribution in [3.63, 3.8) is 0 Å². The van der Waals surface area contributed by atoms with Crippen molar-refractivity contribution in [1.82, 2.24) is 14.9 Å². The molecule has 0 bridgehead atoms. The van der Waals surface area contributed by atoms with Crippen molar-refractivity contribution in [2.45, 2.75) is 36.1 Å². The number of thioether (sulfide) groups is 1. The Morgan fingerprint density at radius 3 is 2.88 bits per heavy atom. The van der Waals surface area contributed by atoms with E-state index >= 15 is 0 Å². The van der Waals surface area contributed by atoms with Crippen LogP contribution in [0.25, 0.3) is 0 Å². The van der Waals surface area contributed by atoms with E-state index in [1.54, 1.807) is 11.8 Å². The minimum atomic E-state index is 0.704.